The molecule has 0 saturated heterocycles. The van der Waals surface area contributed by atoms with Crippen molar-refractivity contribution in [3.63, 3.8) is 0 Å². The van der Waals surface area contributed by atoms with Gasteiger partial charge in [-0.3, -0.25) is 10.1 Å². The third-order valence-electron chi connectivity index (χ3n) is 1.68. The van der Waals surface area contributed by atoms with Gasteiger partial charge in [0.05, 0.1) is 17.1 Å². The Kier molecular flexibility index (Phi) is 2.74. The normalized spacial score (nSPS) is 9.73. The first-order valence-electron chi connectivity index (χ1n) is 3.69. The van der Waals surface area contributed by atoms with E-state index >= 15 is 0 Å². The fraction of sp³-hybridized carbons (Fsp3) is 0.333. The lowest BCUT2D eigenvalue weighted by atomic mass is 10.2. The van der Waals surface area contributed by atoms with Crippen molar-refractivity contribution in [2.45, 2.75) is 6.92 Å². The minimum Gasteiger partial charge on any atom is -0.474 e. The van der Waals surface area contributed by atoms with Gasteiger partial charge >= 0.3 is 17.4 Å². The molecule has 0 atom stereocenters. The van der Waals surface area contributed by atoms with Crippen molar-refractivity contribution in [3.8, 4) is 5.88 Å². The van der Waals surface area contributed by atoms with Crippen LogP contribution in [0.5, 0.6) is 5.88 Å². The Morgan fingerprint density at radius 3 is 2.20 bits per heavy atom. The maximum atomic E-state index is 10.6. The standard InChI is InChI=1S/C6H6N4O5/c1-3-4(9(11)12)6(15-2)8-7-5(3)10(13)14/h1-2H3. The van der Waals surface area contributed by atoms with Crippen molar-refractivity contribution in [1.29, 1.82) is 0 Å². The monoisotopic (exact) mass is 214 g/mol. The highest BCUT2D eigenvalue weighted by atomic mass is 16.6. The molecule has 1 aromatic rings. The molecule has 9 heteroatoms. The summed E-state index contributed by atoms with van der Waals surface area (Å²) in [5, 5.41) is 27.5. The topological polar surface area (TPSA) is 121 Å². The van der Waals surface area contributed by atoms with Gasteiger partial charge in [-0.1, -0.05) is 0 Å². The maximum absolute atomic E-state index is 10.6. The van der Waals surface area contributed by atoms with Crippen LogP contribution in [0.15, 0.2) is 0 Å². The maximum Gasteiger partial charge on any atom is 0.400 e. The van der Waals surface area contributed by atoms with E-state index in [1.54, 1.807) is 0 Å². The highest BCUT2D eigenvalue weighted by molar-refractivity contribution is 5.53. The van der Waals surface area contributed by atoms with Gasteiger partial charge in [0.15, 0.2) is 0 Å². The Morgan fingerprint density at radius 1 is 1.20 bits per heavy atom. The molecule has 0 bridgehead atoms. The van der Waals surface area contributed by atoms with Gasteiger partial charge in [0.25, 0.3) is 0 Å². The second kappa shape index (κ2) is 3.82. The van der Waals surface area contributed by atoms with Gasteiger partial charge in [-0.05, 0) is 11.8 Å². The second-order valence-corrected chi connectivity index (χ2v) is 2.52. The van der Waals surface area contributed by atoms with Crippen LogP contribution in [-0.2, 0) is 0 Å². The number of ether oxygens (including phenoxy) is 1. The van der Waals surface area contributed by atoms with Crippen molar-refractivity contribution >= 4 is 11.5 Å². The van der Waals surface area contributed by atoms with Crippen molar-refractivity contribution in [3.05, 3.63) is 25.8 Å². The minimum atomic E-state index is -0.839. The molecule has 0 saturated carbocycles. The lowest BCUT2D eigenvalue weighted by Crippen LogP contribution is -2.05. The van der Waals surface area contributed by atoms with Crippen LogP contribution in [0.4, 0.5) is 11.5 Å². The molecule has 0 N–H and O–H groups in total. The Bertz CT molecular complexity index is 432. The first-order valence-corrected chi connectivity index (χ1v) is 3.69. The molecule has 15 heavy (non-hydrogen) atoms. The van der Waals surface area contributed by atoms with E-state index in [9.17, 15) is 20.2 Å². The minimum absolute atomic E-state index is 0.183. The highest BCUT2D eigenvalue weighted by Crippen LogP contribution is 2.31. The van der Waals surface area contributed by atoms with Crippen molar-refractivity contribution in [2.75, 3.05) is 7.11 Å². The molecule has 1 rings (SSSR count). The smallest absolute Gasteiger partial charge is 0.400 e. The van der Waals surface area contributed by atoms with E-state index < -0.39 is 21.4 Å². The molecule has 9 nitrogen and oxygen atoms in total. The van der Waals surface area contributed by atoms with Gasteiger partial charge < -0.3 is 14.9 Å². The molecular formula is C6H6N4O5. The Hall–Kier alpha value is -2.32. The highest BCUT2D eigenvalue weighted by Gasteiger charge is 2.30. The largest absolute Gasteiger partial charge is 0.474 e. The van der Waals surface area contributed by atoms with Crippen molar-refractivity contribution in [1.82, 2.24) is 10.2 Å². The quantitative estimate of drug-likeness (QED) is 0.533. The van der Waals surface area contributed by atoms with E-state index in [0.717, 1.165) is 0 Å². The van der Waals surface area contributed by atoms with Gasteiger partial charge in [0.1, 0.15) is 5.56 Å². The Labute approximate surface area is 83.0 Å². The first-order chi connectivity index (χ1) is 6.99. The van der Waals surface area contributed by atoms with Gasteiger partial charge in [0, 0.05) is 5.10 Å². The SMILES string of the molecule is COc1nnc([N+](=O)[O-])c(C)c1[N+](=O)[O-]. The predicted octanol–water partition coefficient (Wildman–Crippen LogP) is 0.610. The molecule has 0 fully saturated rings. The second-order valence-electron chi connectivity index (χ2n) is 2.52. The average Bonchev–Trinajstić information content (AvgIpc) is 2.15. The molecule has 1 heterocycles. The number of hydrogen-bond acceptors (Lipinski definition) is 7. The number of methoxy groups -OCH3 is 1. The van der Waals surface area contributed by atoms with Gasteiger partial charge in [-0.15, -0.1) is 0 Å². The summed E-state index contributed by atoms with van der Waals surface area (Å²) < 4.78 is 4.58. The molecule has 0 amide bonds. The molecule has 0 aliphatic rings. The summed E-state index contributed by atoms with van der Waals surface area (Å²) >= 11 is 0. The van der Waals surface area contributed by atoms with E-state index in [1.807, 2.05) is 0 Å². The predicted molar refractivity (Wildman–Crippen MR) is 46.6 cm³/mol. The van der Waals surface area contributed by atoms with E-state index in [1.165, 1.54) is 14.0 Å². The molecule has 0 unspecified atom stereocenters. The van der Waals surface area contributed by atoms with Crippen LogP contribution in [0, 0.1) is 27.2 Å². The third kappa shape index (κ3) is 1.80. The molecule has 0 aromatic carbocycles. The summed E-state index contributed by atoms with van der Waals surface area (Å²) in [6.45, 7) is 1.22. The van der Waals surface area contributed by atoms with Crippen LogP contribution in [0.1, 0.15) is 5.56 Å². The number of nitro groups is 2. The van der Waals surface area contributed by atoms with E-state index in [4.69, 9.17) is 0 Å². The molecule has 1 aromatic heterocycles. The molecule has 0 radical (unpaired) electrons. The molecule has 0 spiro atoms. The van der Waals surface area contributed by atoms with Crippen molar-refractivity contribution < 1.29 is 14.6 Å². The zero-order valence-electron chi connectivity index (χ0n) is 7.83. The van der Waals surface area contributed by atoms with Crippen molar-refractivity contribution in [2.24, 2.45) is 0 Å². The van der Waals surface area contributed by atoms with E-state index in [0.29, 0.717) is 0 Å². The fourth-order valence-electron chi connectivity index (χ4n) is 1.01. The zero-order chi connectivity index (χ0) is 11.6. The van der Waals surface area contributed by atoms with E-state index in [2.05, 4.69) is 14.9 Å². The van der Waals surface area contributed by atoms with Gasteiger partial charge in [-0.2, -0.15) is 0 Å². The van der Waals surface area contributed by atoms with Gasteiger partial charge in [-0.25, -0.2) is 0 Å². The van der Waals surface area contributed by atoms with Crippen LogP contribution < -0.4 is 4.74 Å². The van der Waals surface area contributed by atoms with Crippen LogP contribution in [0.25, 0.3) is 0 Å². The Morgan fingerprint density at radius 2 is 1.80 bits per heavy atom. The molecule has 0 aliphatic heterocycles. The zero-order valence-corrected chi connectivity index (χ0v) is 7.83. The van der Waals surface area contributed by atoms with Crippen LogP contribution >= 0.6 is 0 Å². The lowest BCUT2D eigenvalue weighted by molar-refractivity contribution is -0.399. The average molecular weight is 214 g/mol. The number of hydrogen-bond donors (Lipinski definition) is 0. The number of rotatable bonds is 3. The van der Waals surface area contributed by atoms with Crippen LogP contribution in [0.3, 0.4) is 0 Å². The molecule has 0 aliphatic carbocycles. The summed E-state index contributed by atoms with van der Waals surface area (Å²) in [6, 6.07) is 0. The fourth-order valence-corrected chi connectivity index (χ4v) is 1.01. The van der Waals surface area contributed by atoms with Crippen LogP contribution in [-0.4, -0.2) is 27.2 Å². The summed E-state index contributed by atoms with van der Waals surface area (Å²) in [6.07, 6.45) is 0. The van der Waals surface area contributed by atoms with E-state index in [-0.39, 0.29) is 11.4 Å². The number of nitrogens with zero attached hydrogens (tertiary/aromatic N) is 4. The summed E-state index contributed by atoms with van der Waals surface area (Å²) in [5.74, 6) is -0.995. The number of aromatic nitrogens is 2. The summed E-state index contributed by atoms with van der Waals surface area (Å²) in [7, 11) is 1.17. The van der Waals surface area contributed by atoms with Gasteiger partial charge in [0.2, 0.25) is 0 Å². The third-order valence-corrected chi connectivity index (χ3v) is 1.68. The molecular weight excluding hydrogens is 208 g/mol. The van der Waals surface area contributed by atoms with Crippen LogP contribution in [0.2, 0.25) is 0 Å². The first kappa shape index (κ1) is 10.8. The lowest BCUT2D eigenvalue weighted by Gasteiger charge is -2.00. The summed E-state index contributed by atoms with van der Waals surface area (Å²) in [4.78, 5) is 19.4. The molecule has 80 valence electrons. The summed E-state index contributed by atoms with van der Waals surface area (Å²) in [5.41, 5.74) is -0.726. The Balaban J connectivity index is 3.49.